The van der Waals surface area contributed by atoms with Crippen LogP contribution in [0.2, 0.25) is 5.02 Å². The normalized spacial score (nSPS) is 13.3. The molecule has 5 nitrogen and oxygen atoms in total. The van der Waals surface area contributed by atoms with Crippen LogP contribution >= 0.6 is 11.6 Å². The molecule has 0 saturated carbocycles. The minimum absolute atomic E-state index is 0.0252. The van der Waals surface area contributed by atoms with Gasteiger partial charge in [0.1, 0.15) is 10.6 Å². The molecular formula is C12H19ClN2O3S. The molecule has 0 unspecified atom stereocenters. The van der Waals surface area contributed by atoms with Gasteiger partial charge >= 0.3 is 0 Å². The van der Waals surface area contributed by atoms with Crippen molar-refractivity contribution >= 4 is 21.6 Å². The molecule has 1 rings (SSSR count). The summed E-state index contributed by atoms with van der Waals surface area (Å²) >= 11 is 5.92. The lowest BCUT2D eigenvalue weighted by atomic mass is 10.3. The summed E-state index contributed by atoms with van der Waals surface area (Å²) in [6.07, 6.45) is 0. The van der Waals surface area contributed by atoms with Crippen LogP contribution in [0.4, 0.5) is 0 Å². The quantitative estimate of drug-likeness (QED) is 0.803. The topological polar surface area (TPSA) is 67.4 Å². The van der Waals surface area contributed by atoms with Gasteiger partial charge in [0.25, 0.3) is 0 Å². The molecule has 0 aliphatic heterocycles. The van der Waals surface area contributed by atoms with Crippen molar-refractivity contribution in [2.75, 3.05) is 20.2 Å². The summed E-state index contributed by atoms with van der Waals surface area (Å²) in [6, 6.07) is 4.57. The maximum Gasteiger partial charge on any atom is 0.242 e. The van der Waals surface area contributed by atoms with Gasteiger partial charge in [-0.3, -0.25) is 0 Å². The Labute approximate surface area is 119 Å². The van der Waals surface area contributed by atoms with Crippen LogP contribution < -0.4 is 14.8 Å². The molecule has 0 aliphatic carbocycles. The number of ether oxygens (including phenoxy) is 1. The van der Waals surface area contributed by atoms with Crippen LogP contribution in [-0.2, 0) is 10.0 Å². The Hall–Kier alpha value is -0.820. The highest BCUT2D eigenvalue weighted by atomic mass is 35.5. The average molecular weight is 307 g/mol. The minimum Gasteiger partial charge on any atom is -0.497 e. The van der Waals surface area contributed by atoms with E-state index < -0.39 is 10.0 Å². The van der Waals surface area contributed by atoms with E-state index in [-0.39, 0.29) is 16.0 Å². The molecular weight excluding hydrogens is 288 g/mol. The second-order valence-electron chi connectivity index (χ2n) is 4.11. The maximum atomic E-state index is 12.2. The van der Waals surface area contributed by atoms with Crippen molar-refractivity contribution in [3.8, 4) is 5.75 Å². The average Bonchev–Trinajstić information content (AvgIpc) is 2.37. The Morgan fingerprint density at radius 1 is 1.42 bits per heavy atom. The summed E-state index contributed by atoms with van der Waals surface area (Å²) in [4.78, 5) is 0.0252. The number of methoxy groups -OCH3 is 1. The lowest BCUT2D eigenvalue weighted by Crippen LogP contribution is -2.38. The van der Waals surface area contributed by atoms with Crippen LogP contribution in [0, 0.1) is 0 Å². The summed E-state index contributed by atoms with van der Waals surface area (Å²) in [6.45, 7) is 4.94. The molecule has 108 valence electrons. The van der Waals surface area contributed by atoms with Crippen molar-refractivity contribution in [2.45, 2.75) is 24.8 Å². The van der Waals surface area contributed by atoms with Gasteiger partial charge in [0.2, 0.25) is 10.0 Å². The molecule has 0 radical (unpaired) electrons. The predicted octanol–water partition coefficient (Wildman–Crippen LogP) is 1.62. The van der Waals surface area contributed by atoms with E-state index in [1.165, 1.54) is 19.2 Å². The number of likely N-dealkylation sites (N-methyl/N-ethyl adjacent to an activating group) is 1. The summed E-state index contributed by atoms with van der Waals surface area (Å²) < 4.78 is 31.8. The van der Waals surface area contributed by atoms with Gasteiger partial charge in [-0.05, 0) is 25.6 Å². The first-order valence-electron chi connectivity index (χ1n) is 5.97. The van der Waals surface area contributed by atoms with Gasteiger partial charge in [-0.25, -0.2) is 13.1 Å². The van der Waals surface area contributed by atoms with E-state index in [0.29, 0.717) is 12.3 Å². The van der Waals surface area contributed by atoms with E-state index in [1.54, 1.807) is 6.07 Å². The standard InChI is InChI=1S/C12H19ClN2O3S/c1-4-14-9(2)8-15-19(16,17)12-7-10(18-3)5-6-11(12)13/h5-7,9,14-15H,4,8H2,1-3H3/t9-/m1/s1. The summed E-state index contributed by atoms with van der Waals surface area (Å²) in [5, 5.41) is 3.29. The van der Waals surface area contributed by atoms with Crippen LogP contribution in [-0.4, -0.2) is 34.7 Å². The van der Waals surface area contributed by atoms with Gasteiger partial charge in [-0.15, -0.1) is 0 Å². The largest absolute Gasteiger partial charge is 0.497 e. The van der Waals surface area contributed by atoms with E-state index in [9.17, 15) is 8.42 Å². The SMILES string of the molecule is CCN[C@H](C)CNS(=O)(=O)c1cc(OC)ccc1Cl. The molecule has 0 bridgehead atoms. The Balaban J connectivity index is 2.88. The number of rotatable bonds is 7. The van der Waals surface area contributed by atoms with E-state index >= 15 is 0 Å². The molecule has 0 amide bonds. The number of hydrogen-bond acceptors (Lipinski definition) is 4. The van der Waals surface area contributed by atoms with Gasteiger partial charge in [-0.2, -0.15) is 0 Å². The van der Waals surface area contributed by atoms with Crippen molar-refractivity contribution in [3.05, 3.63) is 23.2 Å². The van der Waals surface area contributed by atoms with Crippen molar-refractivity contribution in [2.24, 2.45) is 0 Å². The fourth-order valence-corrected chi connectivity index (χ4v) is 3.19. The van der Waals surface area contributed by atoms with Crippen molar-refractivity contribution in [1.29, 1.82) is 0 Å². The third-order valence-electron chi connectivity index (χ3n) is 2.56. The van der Waals surface area contributed by atoms with Crippen molar-refractivity contribution in [1.82, 2.24) is 10.0 Å². The van der Waals surface area contributed by atoms with Crippen LogP contribution in [0.5, 0.6) is 5.75 Å². The van der Waals surface area contributed by atoms with E-state index in [1.807, 2.05) is 13.8 Å². The summed E-state index contributed by atoms with van der Waals surface area (Å²) in [5.41, 5.74) is 0. The summed E-state index contributed by atoms with van der Waals surface area (Å²) in [5.74, 6) is 0.449. The maximum absolute atomic E-state index is 12.2. The highest BCUT2D eigenvalue weighted by molar-refractivity contribution is 7.89. The molecule has 19 heavy (non-hydrogen) atoms. The highest BCUT2D eigenvalue weighted by Crippen LogP contribution is 2.25. The van der Waals surface area contributed by atoms with Crippen LogP contribution in [0.3, 0.4) is 0 Å². The Bertz CT molecular complexity index is 520. The predicted molar refractivity (Wildman–Crippen MR) is 76.3 cm³/mol. The Morgan fingerprint density at radius 2 is 2.11 bits per heavy atom. The molecule has 0 spiro atoms. The third-order valence-corrected chi connectivity index (χ3v) is 4.47. The molecule has 1 aromatic carbocycles. The minimum atomic E-state index is -3.64. The fourth-order valence-electron chi connectivity index (χ4n) is 1.55. The number of nitrogens with one attached hydrogen (secondary N) is 2. The zero-order valence-corrected chi connectivity index (χ0v) is 12.8. The third kappa shape index (κ3) is 4.65. The molecule has 1 atom stereocenters. The second kappa shape index (κ2) is 7.09. The van der Waals surface area contributed by atoms with Gasteiger partial charge in [-0.1, -0.05) is 18.5 Å². The zero-order valence-electron chi connectivity index (χ0n) is 11.2. The highest BCUT2D eigenvalue weighted by Gasteiger charge is 2.19. The van der Waals surface area contributed by atoms with Crippen molar-refractivity contribution < 1.29 is 13.2 Å². The Morgan fingerprint density at radius 3 is 2.68 bits per heavy atom. The first-order chi connectivity index (χ1) is 8.90. The summed E-state index contributed by atoms with van der Waals surface area (Å²) in [7, 11) is -2.17. The first kappa shape index (κ1) is 16.2. The fraction of sp³-hybridized carbons (Fsp3) is 0.500. The lowest BCUT2D eigenvalue weighted by molar-refractivity contribution is 0.413. The second-order valence-corrected chi connectivity index (χ2v) is 6.25. The smallest absolute Gasteiger partial charge is 0.242 e. The van der Waals surface area contributed by atoms with Gasteiger partial charge in [0, 0.05) is 18.7 Å². The lowest BCUT2D eigenvalue weighted by Gasteiger charge is -2.14. The van der Waals surface area contributed by atoms with Crippen LogP contribution in [0.1, 0.15) is 13.8 Å². The molecule has 7 heteroatoms. The van der Waals surface area contributed by atoms with Gasteiger partial charge in [0.15, 0.2) is 0 Å². The first-order valence-corrected chi connectivity index (χ1v) is 7.83. The van der Waals surface area contributed by atoms with E-state index in [4.69, 9.17) is 16.3 Å². The number of sulfonamides is 1. The number of benzene rings is 1. The van der Waals surface area contributed by atoms with Crippen LogP contribution in [0.25, 0.3) is 0 Å². The Kier molecular flexibility index (Phi) is 6.06. The molecule has 0 heterocycles. The van der Waals surface area contributed by atoms with Crippen molar-refractivity contribution in [3.63, 3.8) is 0 Å². The molecule has 0 fully saturated rings. The zero-order chi connectivity index (χ0) is 14.5. The number of halogens is 1. The monoisotopic (exact) mass is 306 g/mol. The number of hydrogen-bond donors (Lipinski definition) is 2. The molecule has 0 aliphatic rings. The van der Waals surface area contributed by atoms with Gasteiger partial charge < -0.3 is 10.1 Å². The van der Waals surface area contributed by atoms with Gasteiger partial charge in [0.05, 0.1) is 12.1 Å². The molecule has 2 N–H and O–H groups in total. The van der Waals surface area contributed by atoms with Crippen LogP contribution in [0.15, 0.2) is 23.1 Å². The molecule has 1 aromatic rings. The van der Waals surface area contributed by atoms with E-state index in [0.717, 1.165) is 6.54 Å². The molecule has 0 saturated heterocycles. The molecule has 0 aromatic heterocycles. The van der Waals surface area contributed by atoms with E-state index in [2.05, 4.69) is 10.0 Å².